The Morgan fingerprint density at radius 3 is 2.62 bits per heavy atom. The van der Waals surface area contributed by atoms with Gasteiger partial charge in [-0.2, -0.15) is 0 Å². The van der Waals surface area contributed by atoms with Gasteiger partial charge >= 0.3 is 0 Å². The molecule has 2 aromatic carbocycles. The van der Waals surface area contributed by atoms with Gasteiger partial charge in [-0.25, -0.2) is 0 Å². The predicted molar refractivity (Wildman–Crippen MR) is 117 cm³/mol. The molecule has 0 bridgehead atoms. The Bertz CT molecular complexity index is 837. The van der Waals surface area contributed by atoms with Crippen LogP contribution in [0, 0.1) is 0 Å². The van der Waals surface area contributed by atoms with Gasteiger partial charge in [-0.15, -0.1) is 0 Å². The Morgan fingerprint density at radius 2 is 1.93 bits per heavy atom. The van der Waals surface area contributed by atoms with Crippen molar-refractivity contribution in [1.29, 1.82) is 0 Å². The number of hydrogen-bond donors (Lipinski definition) is 3. The average molecular weight is 399 g/mol. The number of rotatable bonds is 9. The van der Waals surface area contributed by atoms with E-state index < -0.39 is 0 Å². The smallest absolute Gasteiger partial charge is 0.251 e. The van der Waals surface area contributed by atoms with Gasteiger partial charge in [-0.1, -0.05) is 12.1 Å². The number of ether oxygens (including phenoxy) is 2. The molecule has 2 rings (SSSR count). The second kappa shape index (κ2) is 11.6. The zero-order chi connectivity index (χ0) is 21.1. The van der Waals surface area contributed by atoms with E-state index in [1.807, 2.05) is 50.2 Å². The molecule has 3 N–H and O–H groups in total. The zero-order valence-electron chi connectivity index (χ0n) is 17.5. The normalized spacial score (nSPS) is 11.0. The molecule has 0 unspecified atom stereocenters. The first-order chi connectivity index (χ1) is 14.1. The number of hydrogen-bond acceptors (Lipinski definition) is 4. The highest BCUT2D eigenvalue weighted by molar-refractivity contribution is 5.94. The van der Waals surface area contributed by atoms with Gasteiger partial charge in [0.2, 0.25) is 0 Å². The molecule has 0 atom stereocenters. The fraction of sp³-hybridized carbons (Fsp3) is 0.364. The van der Waals surface area contributed by atoms with E-state index >= 15 is 0 Å². The summed E-state index contributed by atoms with van der Waals surface area (Å²) in [5, 5.41) is 9.18. The number of nitrogens with zero attached hydrogens (tertiary/aromatic N) is 1. The maximum Gasteiger partial charge on any atom is 0.251 e. The highest BCUT2D eigenvalue weighted by Crippen LogP contribution is 2.30. The summed E-state index contributed by atoms with van der Waals surface area (Å²) in [5.41, 5.74) is 2.57. The summed E-state index contributed by atoms with van der Waals surface area (Å²) in [4.78, 5) is 16.4. The Hall–Kier alpha value is -3.22. The first-order valence-electron chi connectivity index (χ1n) is 9.78. The summed E-state index contributed by atoms with van der Waals surface area (Å²) in [6, 6.07) is 13.3. The first-order valence-corrected chi connectivity index (χ1v) is 9.78. The van der Waals surface area contributed by atoms with E-state index in [9.17, 15) is 4.79 Å². The molecule has 0 fully saturated rings. The number of methoxy groups -OCH3 is 1. The van der Waals surface area contributed by atoms with Crippen LogP contribution < -0.4 is 25.4 Å². The summed E-state index contributed by atoms with van der Waals surface area (Å²) in [5.74, 6) is 1.97. The standard InChI is InChI=1S/C22H30N4O3/c1-5-24-22(26-18-10-11-19(28-4)20(15-18)29-6-2)25-13-12-16-8-7-9-17(14-16)21(27)23-3/h7-11,14-15H,5-6,12-13H2,1-4H3,(H,23,27)(H2,24,25,26). The number of nitrogens with one attached hydrogen (secondary N) is 3. The Balaban J connectivity index is 2.06. The SMILES string of the molecule is CCNC(=NCCc1cccc(C(=O)NC)c1)Nc1ccc(OC)c(OCC)c1. The predicted octanol–water partition coefficient (Wildman–Crippen LogP) is 3.07. The third-order valence-electron chi connectivity index (χ3n) is 4.16. The van der Waals surface area contributed by atoms with E-state index in [2.05, 4.69) is 20.9 Å². The van der Waals surface area contributed by atoms with Crippen molar-refractivity contribution in [3.05, 3.63) is 53.6 Å². The van der Waals surface area contributed by atoms with Gasteiger partial charge in [0.05, 0.1) is 13.7 Å². The molecule has 0 aromatic heterocycles. The van der Waals surface area contributed by atoms with E-state index in [1.165, 1.54) is 0 Å². The number of carbonyl (C=O) groups is 1. The molecule has 0 saturated carbocycles. The van der Waals surface area contributed by atoms with Crippen LogP contribution in [0.5, 0.6) is 11.5 Å². The lowest BCUT2D eigenvalue weighted by molar-refractivity contribution is 0.0963. The van der Waals surface area contributed by atoms with Gasteiger partial charge in [-0.05, 0) is 50.1 Å². The molecule has 0 aliphatic carbocycles. The summed E-state index contributed by atoms with van der Waals surface area (Å²) in [6.45, 7) is 5.84. The highest BCUT2D eigenvalue weighted by Gasteiger charge is 2.07. The van der Waals surface area contributed by atoms with Crippen molar-refractivity contribution in [2.24, 2.45) is 4.99 Å². The van der Waals surface area contributed by atoms with Gasteiger partial charge in [0.25, 0.3) is 5.91 Å². The molecule has 0 saturated heterocycles. The summed E-state index contributed by atoms with van der Waals surface area (Å²) < 4.78 is 11.0. The average Bonchev–Trinajstić information content (AvgIpc) is 2.74. The number of amides is 1. The van der Waals surface area contributed by atoms with Crippen molar-refractivity contribution in [1.82, 2.24) is 10.6 Å². The maximum absolute atomic E-state index is 11.8. The summed E-state index contributed by atoms with van der Waals surface area (Å²) in [7, 11) is 3.25. The Labute approximate surface area is 172 Å². The zero-order valence-corrected chi connectivity index (χ0v) is 17.5. The van der Waals surface area contributed by atoms with Crippen molar-refractivity contribution < 1.29 is 14.3 Å². The van der Waals surface area contributed by atoms with E-state index in [0.29, 0.717) is 36.2 Å². The Morgan fingerprint density at radius 1 is 1.10 bits per heavy atom. The molecule has 0 radical (unpaired) electrons. The minimum atomic E-state index is -0.0880. The number of guanidine groups is 1. The molecule has 156 valence electrons. The van der Waals surface area contributed by atoms with Gasteiger partial charge in [0.1, 0.15) is 0 Å². The molecule has 0 aliphatic rings. The van der Waals surface area contributed by atoms with Gasteiger partial charge in [-0.3, -0.25) is 9.79 Å². The molecule has 2 aromatic rings. The highest BCUT2D eigenvalue weighted by atomic mass is 16.5. The van der Waals surface area contributed by atoms with E-state index in [-0.39, 0.29) is 5.91 Å². The lowest BCUT2D eigenvalue weighted by atomic mass is 10.1. The molecule has 0 aliphatic heterocycles. The molecule has 29 heavy (non-hydrogen) atoms. The number of aliphatic imine (C=N–C) groups is 1. The molecular weight excluding hydrogens is 368 g/mol. The fourth-order valence-corrected chi connectivity index (χ4v) is 2.78. The third-order valence-corrected chi connectivity index (χ3v) is 4.16. The van der Waals surface area contributed by atoms with Gasteiger partial charge < -0.3 is 25.4 Å². The minimum absolute atomic E-state index is 0.0880. The lowest BCUT2D eigenvalue weighted by Gasteiger charge is -2.14. The second-order valence-corrected chi connectivity index (χ2v) is 6.21. The summed E-state index contributed by atoms with van der Waals surface area (Å²) >= 11 is 0. The molecule has 1 amide bonds. The van der Waals surface area contributed by atoms with Crippen LogP contribution in [0.15, 0.2) is 47.5 Å². The molecule has 7 heteroatoms. The van der Waals surface area contributed by atoms with Gasteiger partial charge in [0.15, 0.2) is 17.5 Å². The second-order valence-electron chi connectivity index (χ2n) is 6.21. The molecule has 0 heterocycles. The third kappa shape index (κ3) is 6.71. The monoisotopic (exact) mass is 398 g/mol. The van der Waals surface area contributed by atoms with Crippen LogP contribution in [-0.2, 0) is 6.42 Å². The summed E-state index contributed by atoms with van der Waals surface area (Å²) in [6.07, 6.45) is 0.730. The van der Waals surface area contributed by atoms with E-state index in [1.54, 1.807) is 20.2 Å². The quantitative estimate of drug-likeness (QED) is 0.447. The minimum Gasteiger partial charge on any atom is -0.493 e. The Kier molecular flexibility index (Phi) is 8.82. The molecule has 7 nitrogen and oxygen atoms in total. The number of benzene rings is 2. The maximum atomic E-state index is 11.8. The van der Waals surface area contributed by atoms with Crippen molar-refractivity contribution in [2.75, 3.05) is 39.2 Å². The van der Waals surface area contributed by atoms with Crippen LogP contribution in [-0.4, -0.2) is 45.7 Å². The van der Waals surface area contributed by atoms with Crippen LogP contribution in [0.4, 0.5) is 5.69 Å². The number of anilines is 1. The number of carbonyl (C=O) groups excluding carboxylic acids is 1. The van der Waals surface area contributed by atoms with E-state index in [0.717, 1.165) is 24.2 Å². The molecular formula is C22H30N4O3. The van der Waals surface area contributed by atoms with E-state index in [4.69, 9.17) is 9.47 Å². The largest absolute Gasteiger partial charge is 0.493 e. The van der Waals surface area contributed by atoms with Crippen molar-refractivity contribution >= 4 is 17.6 Å². The van der Waals surface area contributed by atoms with Crippen molar-refractivity contribution in [3.63, 3.8) is 0 Å². The van der Waals surface area contributed by atoms with Crippen LogP contribution in [0.3, 0.4) is 0 Å². The van der Waals surface area contributed by atoms with Crippen molar-refractivity contribution in [2.45, 2.75) is 20.3 Å². The van der Waals surface area contributed by atoms with Crippen LogP contribution >= 0.6 is 0 Å². The van der Waals surface area contributed by atoms with Crippen LogP contribution in [0.1, 0.15) is 29.8 Å². The molecule has 0 spiro atoms. The van der Waals surface area contributed by atoms with Gasteiger partial charge in [0, 0.05) is 37.5 Å². The van der Waals surface area contributed by atoms with Crippen LogP contribution in [0.2, 0.25) is 0 Å². The van der Waals surface area contributed by atoms with Crippen LogP contribution in [0.25, 0.3) is 0 Å². The fourth-order valence-electron chi connectivity index (χ4n) is 2.78. The topological polar surface area (TPSA) is 84.0 Å². The lowest BCUT2D eigenvalue weighted by Crippen LogP contribution is -2.30. The first kappa shape index (κ1) is 22.1. The van der Waals surface area contributed by atoms with Crippen molar-refractivity contribution in [3.8, 4) is 11.5 Å².